The Morgan fingerprint density at radius 1 is 1.40 bits per heavy atom. The van der Waals surface area contributed by atoms with Gasteiger partial charge in [0.1, 0.15) is 0 Å². The van der Waals surface area contributed by atoms with Crippen molar-refractivity contribution in [2.75, 3.05) is 45.2 Å². The Morgan fingerprint density at radius 3 is 3.04 bits per heavy atom. The van der Waals surface area contributed by atoms with E-state index in [1.807, 2.05) is 30.8 Å². The first-order chi connectivity index (χ1) is 12.0. The molecule has 1 saturated heterocycles. The average Bonchev–Trinajstić information content (AvgIpc) is 3.01. The molecule has 0 unspecified atom stereocenters. The lowest BCUT2D eigenvalue weighted by molar-refractivity contribution is -0.125. The molecule has 0 aromatic carbocycles. The summed E-state index contributed by atoms with van der Waals surface area (Å²) >= 11 is 6.10. The second-order valence-corrected chi connectivity index (χ2v) is 7.24. The normalized spacial score (nSPS) is 18.1. The molecule has 3 heterocycles. The van der Waals surface area contributed by atoms with Crippen LogP contribution in [0.25, 0.3) is 5.65 Å². The number of nitrogens with one attached hydrogen (secondary N) is 1. The number of anilines is 1. The van der Waals surface area contributed by atoms with Crippen molar-refractivity contribution in [3.63, 3.8) is 0 Å². The van der Waals surface area contributed by atoms with E-state index in [9.17, 15) is 4.79 Å². The molecule has 0 radical (unpaired) electrons. The third-order valence-corrected chi connectivity index (χ3v) is 4.73. The first kappa shape index (κ1) is 17.9. The van der Waals surface area contributed by atoms with E-state index in [0.717, 1.165) is 50.5 Å². The van der Waals surface area contributed by atoms with Crippen molar-refractivity contribution in [2.24, 2.45) is 5.92 Å². The number of carbonyl (C=O) groups is 1. The van der Waals surface area contributed by atoms with Gasteiger partial charge in [0.2, 0.25) is 11.9 Å². The van der Waals surface area contributed by atoms with E-state index >= 15 is 0 Å². The minimum Gasteiger partial charge on any atom is -0.356 e. The Morgan fingerprint density at radius 2 is 2.24 bits per heavy atom. The molecular formula is C17H25ClN6O. The Kier molecular flexibility index (Phi) is 5.75. The topological polar surface area (TPSA) is 65.8 Å². The second-order valence-electron chi connectivity index (χ2n) is 6.81. The highest BCUT2D eigenvalue weighted by molar-refractivity contribution is 6.30. The van der Waals surface area contributed by atoms with Crippen LogP contribution >= 0.6 is 11.6 Å². The van der Waals surface area contributed by atoms with Gasteiger partial charge in [-0.1, -0.05) is 11.6 Å². The first-order valence-electron chi connectivity index (χ1n) is 8.72. The molecule has 0 aliphatic carbocycles. The van der Waals surface area contributed by atoms with Gasteiger partial charge in [-0.3, -0.25) is 9.20 Å². The van der Waals surface area contributed by atoms with Crippen LogP contribution in [0.2, 0.25) is 5.02 Å². The first-order valence-corrected chi connectivity index (χ1v) is 9.10. The van der Waals surface area contributed by atoms with Gasteiger partial charge < -0.3 is 15.1 Å². The maximum atomic E-state index is 12.5. The number of piperidine rings is 1. The zero-order chi connectivity index (χ0) is 17.8. The summed E-state index contributed by atoms with van der Waals surface area (Å²) in [5, 5.41) is 12.2. The quantitative estimate of drug-likeness (QED) is 0.790. The molecule has 1 aliphatic rings. The van der Waals surface area contributed by atoms with E-state index in [2.05, 4.69) is 25.3 Å². The lowest BCUT2D eigenvalue weighted by Crippen LogP contribution is -2.44. The smallest absolute Gasteiger partial charge is 0.231 e. The Labute approximate surface area is 153 Å². The van der Waals surface area contributed by atoms with Crippen molar-refractivity contribution in [1.29, 1.82) is 0 Å². The molecule has 1 atom stereocenters. The summed E-state index contributed by atoms with van der Waals surface area (Å²) < 4.78 is 1.89. The van der Waals surface area contributed by atoms with E-state index in [1.54, 1.807) is 6.07 Å². The standard InChI is InChI=1S/C17H25ClN6O/c1-22(2)9-4-8-19-16(25)13-5-3-10-23(11-13)17-21-20-15-7-6-14(18)12-24(15)17/h6-7,12-13H,3-5,8-11H2,1-2H3,(H,19,25)/t13-/m0/s1. The number of hydrogen-bond acceptors (Lipinski definition) is 5. The third-order valence-electron chi connectivity index (χ3n) is 4.50. The van der Waals surface area contributed by atoms with Crippen LogP contribution < -0.4 is 10.2 Å². The molecule has 0 spiro atoms. The number of nitrogens with zero attached hydrogens (tertiary/aromatic N) is 5. The number of aromatic nitrogens is 3. The predicted molar refractivity (Wildman–Crippen MR) is 99.1 cm³/mol. The van der Waals surface area contributed by atoms with Crippen LogP contribution in [-0.2, 0) is 4.79 Å². The molecule has 0 saturated carbocycles. The van der Waals surface area contributed by atoms with Gasteiger partial charge in [0.05, 0.1) is 10.9 Å². The number of carbonyl (C=O) groups excluding carboxylic acids is 1. The zero-order valence-electron chi connectivity index (χ0n) is 14.8. The van der Waals surface area contributed by atoms with Crippen molar-refractivity contribution >= 4 is 29.1 Å². The summed E-state index contributed by atoms with van der Waals surface area (Å²) in [6, 6.07) is 3.65. The van der Waals surface area contributed by atoms with Gasteiger partial charge in [-0.25, -0.2) is 0 Å². The third kappa shape index (κ3) is 4.41. The van der Waals surface area contributed by atoms with Gasteiger partial charge in [-0.05, 0) is 52.0 Å². The van der Waals surface area contributed by atoms with Crippen molar-refractivity contribution in [2.45, 2.75) is 19.3 Å². The summed E-state index contributed by atoms with van der Waals surface area (Å²) in [5.41, 5.74) is 0.759. The van der Waals surface area contributed by atoms with Crippen molar-refractivity contribution in [3.05, 3.63) is 23.4 Å². The molecule has 2 aromatic heterocycles. The lowest BCUT2D eigenvalue weighted by Gasteiger charge is -2.32. The maximum Gasteiger partial charge on any atom is 0.231 e. The van der Waals surface area contributed by atoms with Gasteiger partial charge in [-0.15, -0.1) is 10.2 Å². The minimum absolute atomic E-state index is 0.0142. The van der Waals surface area contributed by atoms with Crippen LogP contribution in [0.5, 0.6) is 0 Å². The molecule has 1 N–H and O–H groups in total. The van der Waals surface area contributed by atoms with Gasteiger partial charge in [0.25, 0.3) is 0 Å². The fraction of sp³-hybridized carbons (Fsp3) is 0.588. The molecule has 2 aromatic rings. The molecule has 1 aliphatic heterocycles. The van der Waals surface area contributed by atoms with Crippen LogP contribution in [0.15, 0.2) is 18.3 Å². The van der Waals surface area contributed by atoms with Crippen LogP contribution in [0.3, 0.4) is 0 Å². The fourth-order valence-corrected chi connectivity index (χ4v) is 3.35. The monoisotopic (exact) mass is 364 g/mol. The Hall–Kier alpha value is -1.86. The SMILES string of the molecule is CN(C)CCCNC(=O)[C@H]1CCCN(c2nnc3ccc(Cl)cn23)C1. The number of hydrogen-bond donors (Lipinski definition) is 1. The molecule has 3 rings (SSSR count). The van der Waals surface area contributed by atoms with Crippen molar-refractivity contribution in [3.8, 4) is 0 Å². The molecule has 25 heavy (non-hydrogen) atoms. The number of rotatable bonds is 6. The molecule has 0 bridgehead atoms. The van der Waals surface area contributed by atoms with Crippen LogP contribution in [0.4, 0.5) is 5.95 Å². The number of halogens is 1. The number of fused-ring (bicyclic) bond motifs is 1. The maximum absolute atomic E-state index is 12.5. The van der Waals surface area contributed by atoms with E-state index in [0.29, 0.717) is 11.6 Å². The molecule has 1 fully saturated rings. The van der Waals surface area contributed by atoms with Crippen LogP contribution in [0.1, 0.15) is 19.3 Å². The summed E-state index contributed by atoms with van der Waals surface area (Å²) in [4.78, 5) is 16.7. The lowest BCUT2D eigenvalue weighted by atomic mass is 9.97. The Balaban J connectivity index is 1.62. The summed E-state index contributed by atoms with van der Waals surface area (Å²) in [6.07, 6.45) is 4.65. The molecule has 8 heteroatoms. The van der Waals surface area contributed by atoms with Crippen LogP contribution in [-0.4, -0.2) is 65.7 Å². The van der Waals surface area contributed by atoms with Crippen LogP contribution in [0, 0.1) is 5.92 Å². The highest BCUT2D eigenvalue weighted by Gasteiger charge is 2.28. The van der Waals surface area contributed by atoms with E-state index in [-0.39, 0.29) is 11.8 Å². The number of pyridine rings is 1. The van der Waals surface area contributed by atoms with Gasteiger partial charge in [0.15, 0.2) is 5.65 Å². The molecular weight excluding hydrogens is 340 g/mol. The molecule has 7 nitrogen and oxygen atoms in total. The minimum atomic E-state index is -0.0142. The summed E-state index contributed by atoms with van der Waals surface area (Å²) in [5.74, 6) is 0.873. The largest absolute Gasteiger partial charge is 0.356 e. The average molecular weight is 365 g/mol. The highest BCUT2D eigenvalue weighted by Crippen LogP contribution is 2.23. The predicted octanol–water partition coefficient (Wildman–Crippen LogP) is 1.67. The summed E-state index contributed by atoms with van der Waals surface area (Å²) in [7, 11) is 4.08. The number of amides is 1. The second kappa shape index (κ2) is 8.01. The highest BCUT2D eigenvalue weighted by atomic mass is 35.5. The van der Waals surface area contributed by atoms with E-state index in [1.165, 1.54) is 0 Å². The van der Waals surface area contributed by atoms with Crippen molar-refractivity contribution in [1.82, 2.24) is 24.8 Å². The van der Waals surface area contributed by atoms with E-state index < -0.39 is 0 Å². The van der Waals surface area contributed by atoms with Gasteiger partial charge >= 0.3 is 0 Å². The molecule has 1 amide bonds. The van der Waals surface area contributed by atoms with E-state index in [4.69, 9.17) is 11.6 Å². The van der Waals surface area contributed by atoms with Gasteiger partial charge in [-0.2, -0.15) is 0 Å². The molecule has 136 valence electrons. The van der Waals surface area contributed by atoms with Crippen molar-refractivity contribution < 1.29 is 4.79 Å². The Bertz CT molecular complexity index is 731. The fourth-order valence-electron chi connectivity index (χ4n) is 3.19. The zero-order valence-corrected chi connectivity index (χ0v) is 15.5. The van der Waals surface area contributed by atoms with Gasteiger partial charge in [0, 0.05) is 25.8 Å². The summed E-state index contributed by atoms with van der Waals surface area (Å²) in [6.45, 7) is 3.23.